The first-order chi connectivity index (χ1) is 10.3. The van der Waals surface area contributed by atoms with Gasteiger partial charge in [0.2, 0.25) is 6.10 Å². The van der Waals surface area contributed by atoms with E-state index in [1.54, 1.807) is 12.3 Å². The smallest absolute Gasteiger partial charge is 0.264 e. The van der Waals surface area contributed by atoms with Crippen LogP contribution in [0.5, 0.6) is 11.5 Å². The Morgan fingerprint density at radius 1 is 1.19 bits per heavy atom. The van der Waals surface area contributed by atoms with Gasteiger partial charge in [-0.25, -0.2) is 0 Å². The van der Waals surface area contributed by atoms with Crippen molar-refractivity contribution in [3.05, 3.63) is 54.4 Å². The van der Waals surface area contributed by atoms with Crippen molar-refractivity contribution in [1.29, 1.82) is 0 Å². The number of carbonyl (C=O) groups is 1. The zero-order valence-electron chi connectivity index (χ0n) is 11.5. The van der Waals surface area contributed by atoms with Crippen LogP contribution >= 0.6 is 0 Å². The van der Waals surface area contributed by atoms with E-state index >= 15 is 0 Å². The van der Waals surface area contributed by atoms with Crippen LogP contribution < -0.4 is 14.8 Å². The van der Waals surface area contributed by atoms with Gasteiger partial charge in [0, 0.05) is 24.9 Å². The van der Waals surface area contributed by atoms with E-state index in [2.05, 4.69) is 10.3 Å². The Morgan fingerprint density at radius 2 is 2.00 bits per heavy atom. The lowest BCUT2D eigenvalue weighted by Gasteiger charge is -2.25. The van der Waals surface area contributed by atoms with E-state index < -0.39 is 6.10 Å². The van der Waals surface area contributed by atoms with Gasteiger partial charge in [0.1, 0.15) is 6.61 Å². The average molecular weight is 284 g/mol. The third kappa shape index (κ3) is 3.31. The summed E-state index contributed by atoms with van der Waals surface area (Å²) < 4.78 is 11.2. The molecule has 0 radical (unpaired) electrons. The number of nitrogens with one attached hydrogen (secondary N) is 1. The molecule has 0 saturated heterocycles. The van der Waals surface area contributed by atoms with E-state index in [0.29, 0.717) is 24.5 Å². The van der Waals surface area contributed by atoms with Gasteiger partial charge in [-0.15, -0.1) is 0 Å². The summed E-state index contributed by atoms with van der Waals surface area (Å²) in [5.41, 5.74) is 0.948. The standard InChI is InChI=1S/C16H16N2O3/c19-16(18-10-8-12-5-3-4-9-17-12)15-11-20-13-6-1-2-7-14(13)21-15/h1-7,9,15H,8,10-11H2,(H,18,19). The quantitative estimate of drug-likeness (QED) is 0.926. The lowest BCUT2D eigenvalue weighted by atomic mass is 10.2. The molecule has 5 nitrogen and oxygen atoms in total. The topological polar surface area (TPSA) is 60.5 Å². The number of benzene rings is 1. The Hall–Kier alpha value is -2.56. The molecule has 2 aromatic rings. The summed E-state index contributed by atoms with van der Waals surface area (Å²) in [6, 6.07) is 13.1. The number of aromatic nitrogens is 1. The maximum atomic E-state index is 12.1. The molecule has 0 saturated carbocycles. The van der Waals surface area contributed by atoms with Crippen molar-refractivity contribution in [3.8, 4) is 11.5 Å². The maximum Gasteiger partial charge on any atom is 0.264 e. The van der Waals surface area contributed by atoms with Crippen molar-refractivity contribution < 1.29 is 14.3 Å². The van der Waals surface area contributed by atoms with Crippen LogP contribution in [0.1, 0.15) is 5.69 Å². The monoisotopic (exact) mass is 284 g/mol. The first-order valence-electron chi connectivity index (χ1n) is 6.89. The molecule has 5 heteroatoms. The van der Waals surface area contributed by atoms with Crippen LogP contribution in [0, 0.1) is 0 Å². The SMILES string of the molecule is O=C(NCCc1ccccn1)C1COc2ccccc2O1. The van der Waals surface area contributed by atoms with Crippen molar-refractivity contribution >= 4 is 5.91 Å². The Kier molecular flexibility index (Phi) is 4.00. The third-order valence-corrected chi connectivity index (χ3v) is 3.21. The summed E-state index contributed by atoms with van der Waals surface area (Å²) in [7, 11) is 0. The molecule has 1 aliphatic heterocycles. The average Bonchev–Trinajstić information content (AvgIpc) is 2.55. The number of hydrogen-bond donors (Lipinski definition) is 1. The second-order valence-electron chi connectivity index (χ2n) is 4.73. The molecular weight excluding hydrogens is 268 g/mol. The molecule has 0 aliphatic carbocycles. The van der Waals surface area contributed by atoms with Crippen LogP contribution in [0.4, 0.5) is 0 Å². The van der Waals surface area contributed by atoms with Crippen molar-refractivity contribution in [2.24, 2.45) is 0 Å². The molecule has 108 valence electrons. The van der Waals surface area contributed by atoms with Crippen LogP contribution in [0.15, 0.2) is 48.7 Å². The second kappa shape index (κ2) is 6.26. The maximum absolute atomic E-state index is 12.1. The van der Waals surface area contributed by atoms with Crippen LogP contribution in [0.3, 0.4) is 0 Å². The van der Waals surface area contributed by atoms with E-state index in [1.807, 2.05) is 36.4 Å². The number of nitrogens with zero attached hydrogens (tertiary/aromatic N) is 1. The predicted molar refractivity (Wildman–Crippen MR) is 77.3 cm³/mol. The van der Waals surface area contributed by atoms with E-state index in [-0.39, 0.29) is 12.5 Å². The lowest BCUT2D eigenvalue weighted by molar-refractivity contribution is -0.130. The number of hydrogen-bond acceptors (Lipinski definition) is 4. The normalized spacial score (nSPS) is 16.3. The lowest BCUT2D eigenvalue weighted by Crippen LogP contribution is -2.44. The summed E-state index contributed by atoms with van der Waals surface area (Å²) in [6.07, 6.45) is 1.83. The molecule has 21 heavy (non-hydrogen) atoms. The highest BCUT2D eigenvalue weighted by Crippen LogP contribution is 2.30. The molecule has 1 atom stereocenters. The molecule has 3 rings (SSSR count). The van der Waals surface area contributed by atoms with Crippen LogP contribution in [0.25, 0.3) is 0 Å². The summed E-state index contributed by atoms with van der Waals surface area (Å²) in [5, 5.41) is 2.85. The van der Waals surface area contributed by atoms with Gasteiger partial charge in [-0.2, -0.15) is 0 Å². The number of amides is 1. The fraction of sp³-hybridized carbons (Fsp3) is 0.250. The number of ether oxygens (including phenoxy) is 2. The minimum Gasteiger partial charge on any atom is -0.485 e. The van der Waals surface area contributed by atoms with Crippen molar-refractivity contribution in [3.63, 3.8) is 0 Å². The number of para-hydroxylation sites is 2. The summed E-state index contributed by atoms with van der Waals surface area (Å²) in [4.78, 5) is 16.3. The van der Waals surface area contributed by atoms with E-state index in [1.165, 1.54) is 0 Å². The number of rotatable bonds is 4. The number of pyridine rings is 1. The summed E-state index contributed by atoms with van der Waals surface area (Å²) in [6.45, 7) is 0.754. The van der Waals surface area contributed by atoms with Gasteiger partial charge in [-0.05, 0) is 24.3 Å². The fourth-order valence-electron chi connectivity index (χ4n) is 2.12. The minimum absolute atomic E-state index is 0.166. The molecule has 1 N–H and O–H groups in total. The summed E-state index contributed by atoms with van der Waals surface area (Å²) >= 11 is 0. The highest BCUT2D eigenvalue weighted by atomic mass is 16.6. The zero-order chi connectivity index (χ0) is 14.5. The molecule has 1 amide bonds. The Balaban J connectivity index is 1.50. The van der Waals surface area contributed by atoms with Gasteiger partial charge in [0.25, 0.3) is 5.91 Å². The fourth-order valence-corrected chi connectivity index (χ4v) is 2.12. The van der Waals surface area contributed by atoms with Gasteiger partial charge < -0.3 is 14.8 Å². The molecule has 0 spiro atoms. The van der Waals surface area contributed by atoms with Crippen molar-refractivity contribution in [1.82, 2.24) is 10.3 Å². The van der Waals surface area contributed by atoms with Gasteiger partial charge in [-0.1, -0.05) is 18.2 Å². The number of fused-ring (bicyclic) bond motifs is 1. The van der Waals surface area contributed by atoms with E-state index in [0.717, 1.165) is 5.69 Å². The molecule has 1 aromatic carbocycles. The van der Waals surface area contributed by atoms with Crippen LogP contribution in [-0.4, -0.2) is 30.1 Å². The first kappa shape index (κ1) is 13.4. The number of carbonyl (C=O) groups excluding carboxylic acids is 1. The first-order valence-corrected chi connectivity index (χ1v) is 6.89. The molecular formula is C16H16N2O3. The minimum atomic E-state index is -0.608. The molecule has 2 heterocycles. The highest BCUT2D eigenvalue weighted by Gasteiger charge is 2.26. The molecule has 0 fully saturated rings. The Labute approximate surface area is 122 Å². The molecule has 1 aliphatic rings. The molecule has 1 unspecified atom stereocenters. The van der Waals surface area contributed by atoms with Crippen LogP contribution in [0.2, 0.25) is 0 Å². The van der Waals surface area contributed by atoms with Crippen molar-refractivity contribution in [2.45, 2.75) is 12.5 Å². The molecule has 1 aromatic heterocycles. The largest absolute Gasteiger partial charge is 0.485 e. The van der Waals surface area contributed by atoms with Crippen LogP contribution in [-0.2, 0) is 11.2 Å². The predicted octanol–water partition coefficient (Wildman–Crippen LogP) is 1.58. The van der Waals surface area contributed by atoms with Gasteiger partial charge in [0.15, 0.2) is 11.5 Å². The Morgan fingerprint density at radius 3 is 2.81 bits per heavy atom. The van der Waals surface area contributed by atoms with Gasteiger partial charge >= 0.3 is 0 Å². The van der Waals surface area contributed by atoms with E-state index in [9.17, 15) is 4.79 Å². The summed E-state index contributed by atoms with van der Waals surface area (Å²) in [5.74, 6) is 1.11. The zero-order valence-corrected chi connectivity index (χ0v) is 11.5. The van der Waals surface area contributed by atoms with Gasteiger partial charge in [-0.3, -0.25) is 9.78 Å². The van der Waals surface area contributed by atoms with E-state index in [4.69, 9.17) is 9.47 Å². The Bertz CT molecular complexity index is 616. The highest BCUT2D eigenvalue weighted by molar-refractivity contribution is 5.81. The second-order valence-corrected chi connectivity index (χ2v) is 4.73. The van der Waals surface area contributed by atoms with Gasteiger partial charge in [0.05, 0.1) is 0 Å². The molecule has 0 bridgehead atoms. The van der Waals surface area contributed by atoms with Crippen molar-refractivity contribution in [2.75, 3.05) is 13.2 Å². The third-order valence-electron chi connectivity index (χ3n) is 3.21.